The topological polar surface area (TPSA) is 63.7 Å². The number of rotatable bonds is 3. The Labute approximate surface area is 92.9 Å². The largest absolute Gasteiger partial charge is 0.497 e. The van der Waals surface area contributed by atoms with E-state index >= 15 is 0 Å². The molecular weight excluding hydrogens is 204 g/mol. The first kappa shape index (κ1) is 10.2. The summed E-state index contributed by atoms with van der Waals surface area (Å²) in [6.45, 7) is 0.596. The van der Waals surface area contributed by atoms with E-state index < -0.39 is 0 Å². The van der Waals surface area contributed by atoms with Crippen molar-refractivity contribution in [2.75, 3.05) is 7.11 Å². The number of ether oxygens (including phenoxy) is 1. The third kappa shape index (κ3) is 2.17. The van der Waals surface area contributed by atoms with Gasteiger partial charge in [0.2, 0.25) is 0 Å². The molecule has 2 rings (SSSR count). The first-order chi connectivity index (χ1) is 7.81. The molecule has 0 aliphatic rings. The van der Waals surface area contributed by atoms with Crippen LogP contribution in [0.15, 0.2) is 30.6 Å². The summed E-state index contributed by atoms with van der Waals surface area (Å²) in [4.78, 5) is 3.83. The van der Waals surface area contributed by atoms with Crippen molar-refractivity contribution in [3.8, 4) is 11.8 Å². The Hall–Kier alpha value is -2.35. The molecule has 0 aliphatic carbocycles. The number of hydrogen-bond acceptors (Lipinski definition) is 4. The number of aromatic nitrogens is 3. The molecule has 0 bridgehead atoms. The van der Waals surface area contributed by atoms with Crippen LogP contribution in [0.3, 0.4) is 0 Å². The number of nitriles is 1. The lowest BCUT2D eigenvalue weighted by molar-refractivity contribution is 0.414. The SMILES string of the molecule is COc1ccc(Cn2cnc(C#N)n2)cc1. The Balaban J connectivity index is 2.11. The monoisotopic (exact) mass is 214 g/mol. The molecule has 0 aliphatic heterocycles. The smallest absolute Gasteiger partial charge is 0.252 e. The van der Waals surface area contributed by atoms with Crippen LogP contribution in [0.1, 0.15) is 11.4 Å². The molecule has 1 aromatic heterocycles. The van der Waals surface area contributed by atoms with Crippen molar-refractivity contribution >= 4 is 0 Å². The first-order valence-corrected chi connectivity index (χ1v) is 4.74. The summed E-state index contributed by atoms with van der Waals surface area (Å²) in [6.07, 6.45) is 1.54. The molecule has 0 saturated carbocycles. The maximum Gasteiger partial charge on any atom is 0.252 e. The highest BCUT2D eigenvalue weighted by molar-refractivity contribution is 5.27. The molecule has 1 heterocycles. The van der Waals surface area contributed by atoms with E-state index in [1.807, 2.05) is 30.3 Å². The molecule has 5 nitrogen and oxygen atoms in total. The van der Waals surface area contributed by atoms with Gasteiger partial charge in [-0.2, -0.15) is 5.26 Å². The molecule has 5 heteroatoms. The van der Waals surface area contributed by atoms with Gasteiger partial charge in [-0.15, -0.1) is 5.10 Å². The highest BCUT2D eigenvalue weighted by Crippen LogP contribution is 2.11. The summed E-state index contributed by atoms with van der Waals surface area (Å²) in [5, 5.41) is 12.6. The molecule has 0 spiro atoms. The lowest BCUT2D eigenvalue weighted by Crippen LogP contribution is -2.00. The molecule has 1 aromatic carbocycles. The average Bonchev–Trinajstić information content (AvgIpc) is 2.78. The van der Waals surface area contributed by atoms with Gasteiger partial charge in [0.15, 0.2) is 0 Å². The second kappa shape index (κ2) is 4.45. The summed E-state index contributed by atoms with van der Waals surface area (Å²) in [6, 6.07) is 9.56. The fraction of sp³-hybridized carbons (Fsp3) is 0.182. The van der Waals surface area contributed by atoms with Gasteiger partial charge in [0.05, 0.1) is 13.7 Å². The molecule has 80 valence electrons. The third-order valence-corrected chi connectivity index (χ3v) is 2.14. The summed E-state index contributed by atoms with van der Waals surface area (Å²) >= 11 is 0. The van der Waals surface area contributed by atoms with Crippen molar-refractivity contribution in [3.63, 3.8) is 0 Å². The molecule has 0 atom stereocenters. The minimum Gasteiger partial charge on any atom is -0.497 e. The van der Waals surface area contributed by atoms with Crippen LogP contribution in [-0.4, -0.2) is 21.9 Å². The summed E-state index contributed by atoms with van der Waals surface area (Å²) < 4.78 is 6.69. The molecular formula is C11H10N4O. The van der Waals surface area contributed by atoms with Crippen molar-refractivity contribution in [3.05, 3.63) is 42.0 Å². The zero-order chi connectivity index (χ0) is 11.4. The van der Waals surface area contributed by atoms with Gasteiger partial charge in [-0.1, -0.05) is 12.1 Å². The minimum absolute atomic E-state index is 0.188. The second-order valence-electron chi connectivity index (χ2n) is 3.23. The van der Waals surface area contributed by atoms with E-state index in [4.69, 9.17) is 10.00 Å². The van der Waals surface area contributed by atoms with Gasteiger partial charge in [-0.05, 0) is 17.7 Å². The van der Waals surface area contributed by atoms with Gasteiger partial charge in [-0.3, -0.25) is 0 Å². The maximum atomic E-state index is 8.58. The molecule has 0 amide bonds. The van der Waals surface area contributed by atoms with Gasteiger partial charge in [0.1, 0.15) is 18.1 Å². The Kier molecular flexibility index (Phi) is 2.83. The van der Waals surface area contributed by atoms with Crippen LogP contribution in [0.2, 0.25) is 0 Å². The summed E-state index contributed by atoms with van der Waals surface area (Å²) in [5.74, 6) is 1.01. The Bertz CT molecular complexity index is 510. The third-order valence-electron chi connectivity index (χ3n) is 2.14. The van der Waals surface area contributed by atoms with Gasteiger partial charge < -0.3 is 4.74 Å². The van der Waals surface area contributed by atoms with E-state index in [1.165, 1.54) is 0 Å². The van der Waals surface area contributed by atoms with Gasteiger partial charge in [0.25, 0.3) is 5.82 Å². The molecule has 2 aromatic rings. The van der Waals surface area contributed by atoms with Crippen LogP contribution < -0.4 is 4.74 Å². The molecule has 0 N–H and O–H groups in total. The number of methoxy groups -OCH3 is 1. The quantitative estimate of drug-likeness (QED) is 0.770. The van der Waals surface area contributed by atoms with Gasteiger partial charge in [0, 0.05) is 0 Å². The molecule has 0 radical (unpaired) electrons. The van der Waals surface area contributed by atoms with E-state index in [2.05, 4.69) is 10.1 Å². The zero-order valence-electron chi connectivity index (χ0n) is 8.79. The van der Waals surface area contributed by atoms with E-state index in [1.54, 1.807) is 18.1 Å². The zero-order valence-corrected chi connectivity index (χ0v) is 8.79. The summed E-state index contributed by atoms with van der Waals surface area (Å²) in [7, 11) is 1.63. The minimum atomic E-state index is 0.188. The van der Waals surface area contributed by atoms with Crippen LogP contribution in [0.25, 0.3) is 0 Å². The standard InChI is InChI=1S/C11H10N4O/c1-16-10-4-2-9(3-5-10)7-15-8-13-11(6-12)14-15/h2-5,8H,7H2,1H3. The fourth-order valence-corrected chi connectivity index (χ4v) is 1.34. The van der Waals surface area contributed by atoms with Crippen LogP contribution in [0.4, 0.5) is 0 Å². The van der Waals surface area contributed by atoms with E-state index in [-0.39, 0.29) is 5.82 Å². The molecule has 0 unspecified atom stereocenters. The number of nitrogens with zero attached hydrogens (tertiary/aromatic N) is 4. The summed E-state index contributed by atoms with van der Waals surface area (Å²) in [5.41, 5.74) is 1.08. The van der Waals surface area contributed by atoms with E-state index in [0.29, 0.717) is 6.54 Å². The van der Waals surface area contributed by atoms with E-state index in [0.717, 1.165) is 11.3 Å². The maximum absolute atomic E-state index is 8.58. The van der Waals surface area contributed by atoms with Crippen LogP contribution in [0, 0.1) is 11.3 Å². The first-order valence-electron chi connectivity index (χ1n) is 4.74. The molecule has 0 fully saturated rings. The van der Waals surface area contributed by atoms with E-state index in [9.17, 15) is 0 Å². The lowest BCUT2D eigenvalue weighted by Gasteiger charge is -2.02. The highest BCUT2D eigenvalue weighted by Gasteiger charge is 2.00. The van der Waals surface area contributed by atoms with Crippen molar-refractivity contribution in [1.82, 2.24) is 14.8 Å². The predicted molar refractivity (Wildman–Crippen MR) is 56.8 cm³/mol. The molecule has 0 saturated heterocycles. The number of benzene rings is 1. The van der Waals surface area contributed by atoms with Crippen molar-refractivity contribution < 1.29 is 4.74 Å². The van der Waals surface area contributed by atoms with Gasteiger partial charge in [-0.25, -0.2) is 9.67 Å². The normalized spacial score (nSPS) is 9.75. The second-order valence-corrected chi connectivity index (χ2v) is 3.23. The number of hydrogen-bond donors (Lipinski definition) is 0. The highest BCUT2D eigenvalue weighted by atomic mass is 16.5. The van der Waals surface area contributed by atoms with Gasteiger partial charge >= 0.3 is 0 Å². The predicted octanol–water partition coefficient (Wildman–Crippen LogP) is 1.21. The van der Waals surface area contributed by atoms with Crippen LogP contribution in [0.5, 0.6) is 5.75 Å². The van der Waals surface area contributed by atoms with Crippen molar-refractivity contribution in [2.45, 2.75) is 6.54 Å². The average molecular weight is 214 g/mol. The Morgan fingerprint density at radius 1 is 1.38 bits per heavy atom. The fourth-order valence-electron chi connectivity index (χ4n) is 1.34. The van der Waals surface area contributed by atoms with Crippen molar-refractivity contribution in [2.24, 2.45) is 0 Å². The van der Waals surface area contributed by atoms with Crippen LogP contribution >= 0.6 is 0 Å². The molecule has 16 heavy (non-hydrogen) atoms. The lowest BCUT2D eigenvalue weighted by atomic mass is 10.2. The Morgan fingerprint density at radius 3 is 2.69 bits per heavy atom. The Morgan fingerprint density at radius 2 is 2.12 bits per heavy atom. The van der Waals surface area contributed by atoms with Crippen molar-refractivity contribution in [1.29, 1.82) is 5.26 Å². The van der Waals surface area contributed by atoms with Crippen LogP contribution in [-0.2, 0) is 6.54 Å².